The normalized spacial score (nSPS) is 22.3. The van der Waals surface area contributed by atoms with E-state index in [1.54, 1.807) is 0 Å². The summed E-state index contributed by atoms with van der Waals surface area (Å²) in [4.78, 5) is 6.83. The Bertz CT molecular complexity index is 639. The van der Waals surface area contributed by atoms with Crippen molar-refractivity contribution in [2.45, 2.75) is 25.2 Å². The van der Waals surface area contributed by atoms with Gasteiger partial charge in [-0.1, -0.05) is 0 Å². The highest BCUT2D eigenvalue weighted by atomic mass is 16.7. The van der Waals surface area contributed by atoms with Crippen molar-refractivity contribution in [2.24, 2.45) is 0 Å². The van der Waals surface area contributed by atoms with Crippen molar-refractivity contribution in [2.75, 3.05) is 32.0 Å². The summed E-state index contributed by atoms with van der Waals surface area (Å²) in [6.45, 7) is 4.01. The van der Waals surface area contributed by atoms with Crippen LogP contribution in [-0.2, 0) is 16.0 Å². The second-order valence-electron chi connectivity index (χ2n) is 5.72. The maximum absolute atomic E-state index is 5.77. The molecule has 2 saturated heterocycles. The first-order chi connectivity index (χ1) is 10.2. The lowest BCUT2D eigenvalue weighted by molar-refractivity contribution is -0.186. The maximum atomic E-state index is 5.77. The molecule has 21 heavy (non-hydrogen) atoms. The SMILES string of the molecule is Nc1ccc2nc(CN3CCC4(CC3)OCCO4)oc2c1. The molecule has 0 unspecified atom stereocenters. The van der Waals surface area contributed by atoms with Crippen molar-refractivity contribution in [1.29, 1.82) is 0 Å². The molecule has 0 atom stereocenters. The van der Waals surface area contributed by atoms with Gasteiger partial charge in [0, 0.05) is 37.7 Å². The molecule has 2 N–H and O–H groups in total. The van der Waals surface area contributed by atoms with Gasteiger partial charge < -0.3 is 19.6 Å². The Balaban J connectivity index is 1.43. The van der Waals surface area contributed by atoms with E-state index in [1.165, 1.54) is 0 Å². The second-order valence-corrected chi connectivity index (χ2v) is 5.72. The monoisotopic (exact) mass is 289 g/mol. The van der Waals surface area contributed by atoms with E-state index in [9.17, 15) is 0 Å². The van der Waals surface area contributed by atoms with Gasteiger partial charge in [-0.3, -0.25) is 4.90 Å². The zero-order chi connectivity index (χ0) is 14.3. The summed E-state index contributed by atoms with van der Waals surface area (Å²) in [6, 6.07) is 5.55. The first-order valence-electron chi connectivity index (χ1n) is 7.38. The molecule has 4 rings (SSSR count). The number of rotatable bonds is 2. The summed E-state index contributed by atoms with van der Waals surface area (Å²) in [7, 11) is 0. The molecule has 6 nitrogen and oxygen atoms in total. The predicted molar refractivity (Wildman–Crippen MR) is 77.6 cm³/mol. The molecule has 112 valence electrons. The topological polar surface area (TPSA) is 73.8 Å². The summed E-state index contributed by atoms with van der Waals surface area (Å²) in [5, 5.41) is 0. The number of benzene rings is 1. The Morgan fingerprint density at radius 2 is 1.95 bits per heavy atom. The molecule has 1 spiro atoms. The van der Waals surface area contributed by atoms with Crippen LogP contribution in [-0.4, -0.2) is 42.0 Å². The molecule has 3 heterocycles. The largest absolute Gasteiger partial charge is 0.439 e. The van der Waals surface area contributed by atoms with E-state index in [0.29, 0.717) is 25.4 Å². The number of aromatic nitrogens is 1. The highest BCUT2D eigenvalue weighted by molar-refractivity contribution is 5.76. The summed E-state index contributed by atoms with van der Waals surface area (Å²) in [6.07, 6.45) is 1.81. The van der Waals surface area contributed by atoms with Crippen LogP contribution in [0.25, 0.3) is 11.1 Å². The minimum Gasteiger partial charge on any atom is -0.439 e. The average Bonchev–Trinajstić information content (AvgIpc) is 3.08. The third kappa shape index (κ3) is 2.50. The van der Waals surface area contributed by atoms with Crippen LogP contribution in [0, 0.1) is 0 Å². The van der Waals surface area contributed by atoms with E-state index in [2.05, 4.69) is 9.88 Å². The Labute approximate surface area is 122 Å². The number of ether oxygens (including phenoxy) is 2. The van der Waals surface area contributed by atoms with Crippen molar-refractivity contribution < 1.29 is 13.9 Å². The zero-order valence-electron chi connectivity index (χ0n) is 11.9. The van der Waals surface area contributed by atoms with Crippen LogP contribution in [0.3, 0.4) is 0 Å². The first-order valence-corrected chi connectivity index (χ1v) is 7.38. The lowest BCUT2D eigenvalue weighted by atomic mass is 10.0. The molecule has 2 fully saturated rings. The van der Waals surface area contributed by atoms with E-state index in [1.807, 2.05) is 18.2 Å². The van der Waals surface area contributed by atoms with Gasteiger partial charge in [0.05, 0.1) is 19.8 Å². The molecule has 0 aliphatic carbocycles. The number of fused-ring (bicyclic) bond motifs is 1. The van der Waals surface area contributed by atoms with Gasteiger partial charge in [0.15, 0.2) is 11.4 Å². The van der Waals surface area contributed by atoms with E-state index >= 15 is 0 Å². The summed E-state index contributed by atoms with van der Waals surface area (Å²) >= 11 is 0. The first kappa shape index (κ1) is 13.1. The minimum absolute atomic E-state index is 0.327. The highest BCUT2D eigenvalue weighted by Gasteiger charge is 2.39. The molecule has 0 saturated carbocycles. The number of hydrogen-bond acceptors (Lipinski definition) is 6. The number of nitrogen functional groups attached to an aromatic ring is 1. The molecule has 6 heteroatoms. The van der Waals surface area contributed by atoms with Crippen LogP contribution in [0.15, 0.2) is 22.6 Å². The molecule has 0 bridgehead atoms. The molecular formula is C15H19N3O3. The van der Waals surface area contributed by atoms with Gasteiger partial charge in [-0.2, -0.15) is 0 Å². The van der Waals surface area contributed by atoms with E-state index < -0.39 is 0 Å². The number of anilines is 1. The Morgan fingerprint density at radius 1 is 1.19 bits per heavy atom. The van der Waals surface area contributed by atoms with Gasteiger partial charge in [0.2, 0.25) is 5.89 Å². The molecule has 2 aromatic rings. The number of nitrogens with two attached hydrogens (primary N) is 1. The van der Waals surface area contributed by atoms with Crippen molar-refractivity contribution in [3.05, 3.63) is 24.1 Å². The van der Waals surface area contributed by atoms with Gasteiger partial charge in [0.1, 0.15) is 5.52 Å². The number of piperidine rings is 1. The average molecular weight is 289 g/mol. The molecule has 1 aromatic heterocycles. The van der Waals surface area contributed by atoms with Crippen molar-refractivity contribution in [3.8, 4) is 0 Å². The maximum Gasteiger partial charge on any atom is 0.209 e. The molecule has 2 aliphatic heterocycles. The van der Waals surface area contributed by atoms with Crippen LogP contribution < -0.4 is 5.73 Å². The molecule has 1 aromatic carbocycles. The lowest BCUT2D eigenvalue weighted by Gasteiger charge is -2.36. The van der Waals surface area contributed by atoms with Crippen LogP contribution >= 0.6 is 0 Å². The number of likely N-dealkylation sites (tertiary alicyclic amines) is 1. The van der Waals surface area contributed by atoms with E-state index in [4.69, 9.17) is 19.6 Å². The molecule has 0 radical (unpaired) electrons. The summed E-state index contributed by atoms with van der Waals surface area (Å²) < 4.78 is 17.3. The van der Waals surface area contributed by atoms with Crippen LogP contribution in [0.2, 0.25) is 0 Å². The third-order valence-electron chi connectivity index (χ3n) is 4.25. The van der Waals surface area contributed by atoms with Crippen LogP contribution in [0.4, 0.5) is 5.69 Å². The highest BCUT2D eigenvalue weighted by Crippen LogP contribution is 2.31. The van der Waals surface area contributed by atoms with Gasteiger partial charge in [0.25, 0.3) is 0 Å². The standard InChI is InChI=1S/C15H19N3O3/c16-11-1-2-12-13(9-11)21-14(17-12)10-18-5-3-15(4-6-18)19-7-8-20-15/h1-2,9H,3-8,10,16H2. The molecule has 2 aliphatic rings. The van der Waals surface area contributed by atoms with Crippen LogP contribution in [0.1, 0.15) is 18.7 Å². The number of hydrogen-bond donors (Lipinski definition) is 1. The zero-order valence-corrected chi connectivity index (χ0v) is 11.9. The van der Waals surface area contributed by atoms with Crippen molar-refractivity contribution >= 4 is 16.8 Å². The summed E-state index contributed by atoms with van der Waals surface area (Å²) in [5.41, 5.74) is 8.06. The van der Waals surface area contributed by atoms with Crippen molar-refractivity contribution in [1.82, 2.24) is 9.88 Å². The Morgan fingerprint density at radius 3 is 2.71 bits per heavy atom. The lowest BCUT2D eigenvalue weighted by Crippen LogP contribution is -2.44. The van der Waals surface area contributed by atoms with Gasteiger partial charge >= 0.3 is 0 Å². The number of oxazole rings is 1. The minimum atomic E-state index is -0.327. The van der Waals surface area contributed by atoms with E-state index in [-0.39, 0.29) is 5.79 Å². The fraction of sp³-hybridized carbons (Fsp3) is 0.533. The Hall–Kier alpha value is -1.63. The van der Waals surface area contributed by atoms with Crippen LogP contribution in [0.5, 0.6) is 0 Å². The van der Waals surface area contributed by atoms with E-state index in [0.717, 1.165) is 42.9 Å². The smallest absolute Gasteiger partial charge is 0.209 e. The second kappa shape index (κ2) is 4.98. The molecular weight excluding hydrogens is 270 g/mol. The quantitative estimate of drug-likeness (QED) is 0.849. The summed E-state index contributed by atoms with van der Waals surface area (Å²) in [5.74, 6) is 0.409. The number of nitrogens with zero attached hydrogens (tertiary/aromatic N) is 2. The predicted octanol–water partition coefficient (Wildman–Crippen LogP) is 1.75. The Kier molecular flexibility index (Phi) is 3.10. The molecule has 0 amide bonds. The van der Waals surface area contributed by atoms with Crippen molar-refractivity contribution in [3.63, 3.8) is 0 Å². The fourth-order valence-electron chi connectivity index (χ4n) is 3.09. The third-order valence-corrected chi connectivity index (χ3v) is 4.25. The van der Waals surface area contributed by atoms with Gasteiger partial charge in [-0.05, 0) is 12.1 Å². The van der Waals surface area contributed by atoms with Gasteiger partial charge in [-0.15, -0.1) is 0 Å². The fourth-order valence-corrected chi connectivity index (χ4v) is 3.09. The van der Waals surface area contributed by atoms with Gasteiger partial charge in [-0.25, -0.2) is 4.98 Å².